The Balaban J connectivity index is 2.07. The summed E-state index contributed by atoms with van der Waals surface area (Å²) in [6, 6.07) is 2.69. The Kier molecular flexibility index (Phi) is 2.26. The number of fused-ring (bicyclic) bond motifs is 2. The van der Waals surface area contributed by atoms with Crippen LogP contribution in [-0.4, -0.2) is 23.4 Å². The van der Waals surface area contributed by atoms with Crippen LogP contribution in [0.3, 0.4) is 0 Å². The Bertz CT molecular complexity index is 323. The molecule has 15 heavy (non-hydrogen) atoms. The van der Waals surface area contributed by atoms with Gasteiger partial charge in [0, 0.05) is 18.0 Å². The van der Waals surface area contributed by atoms with Crippen LogP contribution in [0.5, 0.6) is 0 Å². The van der Waals surface area contributed by atoms with Crippen LogP contribution in [-0.2, 0) is 4.79 Å². The highest BCUT2D eigenvalue weighted by Crippen LogP contribution is 2.43. The van der Waals surface area contributed by atoms with Gasteiger partial charge < -0.3 is 4.90 Å². The predicted octanol–water partition coefficient (Wildman–Crippen LogP) is 1.79. The highest BCUT2D eigenvalue weighted by molar-refractivity contribution is 5.82. The molecule has 3 heteroatoms. The van der Waals surface area contributed by atoms with E-state index in [0.29, 0.717) is 12.0 Å². The quantitative estimate of drug-likeness (QED) is 0.606. The molecule has 0 aromatic heterocycles. The van der Waals surface area contributed by atoms with Gasteiger partial charge in [0.15, 0.2) is 0 Å². The van der Waals surface area contributed by atoms with Crippen molar-refractivity contribution in [3.8, 4) is 6.07 Å². The summed E-state index contributed by atoms with van der Waals surface area (Å²) in [4.78, 5) is 14.1. The lowest BCUT2D eigenvalue weighted by molar-refractivity contribution is -0.141. The van der Waals surface area contributed by atoms with Crippen LogP contribution >= 0.6 is 0 Å². The van der Waals surface area contributed by atoms with Crippen molar-refractivity contribution in [3.05, 3.63) is 0 Å². The van der Waals surface area contributed by atoms with Crippen molar-refractivity contribution in [3.63, 3.8) is 0 Å². The number of amides is 1. The van der Waals surface area contributed by atoms with Crippen LogP contribution in [0, 0.1) is 28.6 Å². The van der Waals surface area contributed by atoms with E-state index in [1.807, 2.05) is 25.7 Å². The van der Waals surface area contributed by atoms with E-state index >= 15 is 0 Å². The Morgan fingerprint density at radius 1 is 1.40 bits per heavy atom. The minimum atomic E-state index is -0.285. The lowest BCUT2D eigenvalue weighted by Crippen LogP contribution is -2.45. The topological polar surface area (TPSA) is 44.1 Å². The van der Waals surface area contributed by atoms with Gasteiger partial charge >= 0.3 is 0 Å². The van der Waals surface area contributed by atoms with Gasteiger partial charge in [-0.1, -0.05) is 20.8 Å². The highest BCUT2D eigenvalue weighted by atomic mass is 16.2. The molecule has 1 amide bonds. The minimum absolute atomic E-state index is 0.194. The van der Waals surface area contributed by atoms with Crippen molar-refractivity contribution < 1.29 is 4.79 Å². The first-order valence-electron chi connectivity index (χ1n) is 5.64. The molecule has 1 aliphatic carbocycles. The maximum absolute atomic E-state index is 12.1. The van der Waals surface area contributed by atoms with E-state index in [1.165, 1.54) is 0 Å². The Morgan fingerprint density at radius 2 is 2.07 bits per heavy atom. The van der Waals surface area contributed by atoms with Gasteiger partial charge in [-0.2, -0.15) is 5.26 Å². The van der Waals surface area contributed by atoms with Crippen molar-refractivity contribution in [2.75, 3.05) is 6.54 Å². The molecular formula is C12H18N2O. The number of piperidine rings is 1. The van der Waals surface area contributed by atoms with E-state index in [-0.39, 0.29) is 17.2 Å². The molecule has 0 aromatic rings. The van der Waals surface area contributed by atoms with Gasteiger partial charge in [0.25, 0.3) is 0 Å². The van der Waals surface area contributed by atoms with Crippen molar-refractivity contribution >= 4 is 5.91 Å². The van der Waals surface area contributed by atoms with Crippen molar-refractivity contribution in [1.29, 1.82) is 5.26 Å². The Labute approximate surface area is 91.1 Å². The van der Waals surface area contributed by atoms with Crippen LogP contribution in [0.4, 0.5) is 0 Å². The van der Waals surface area contributed by atoms with Crippen LogP contribution in [0.25, 0.3) is 0 Å². The van der Waals surface area contributed by atoms with Gasteiger partial charge in [0.05, 0.1) is 12.0 Å². The molecule has 0 radical (unpaired) electrons. The van der Waals surface area contributed by atoms with Gasteiger partial charge in [-0.15, -0.1) is 0 Å². The van der Waals surface area contributed by atoms with Crippen LogP contribution in [0.2, 0.25) is 0 Å². The molecule has 3 unspecified atom stereocenters. The number of carbonyl (C=O) groups is 1. The molecule has 2 bridgehead atoms. The van der Waals surface area contributed by atoms with Crippen LogP contribution in [0.1, 0.15) is 33.6 Å². The Hall–Kier alpha value is -1.04. The number of rotatable bonds is 0. The monoisotopic (exact) mass is 206 g/mol. The highest BCUT2D eigenvalue weighted by Gasteiger charge is 2.48. The first kappa shape index (κ1) is 10.5. The SMILES string of the molecule is CC(C)(C)C(=O)N1CC2CC1CC2C#N. The lowest BCUT2D eigenvalue weighted by atomic mass is 9.91. The summed E-state index contributed by atoms with van der Waals surface area (Å²) in [6.07, 6.45) is 1.93. The molecule has 1 heterocycles. The lowest BCUT2D eigenvalue weighted by Gasteiger charge is -2.33. The zero-order valence-electron chi connectivity index (χ0n) is 9.66. The molecule has 2 aliphatic rings. The van der Waals surface area contributed by atoms with E-state index in [1.54, 1.807) is 0 Å². The third-order valence-corrected chi connectivity index (χ3v) is 3.61. The molecule has 1 saturated carbocycles. The largest absolute Gasteiger partial charge is 0.339 e. The molecule has 1 aliphatic heterocycles. The standard InChI is InChI=1S/C12H18N2O/c1-12(2,3)11(15)14-7-9-5-10(14)4-8(9)6-13/h8-10H,4-5,7H2,1-3H3. The molecule has 0 spiro atoms. The summed E-state index contributed by atoms with van der Waals surface area (Å²) in [5, 5.41) is 8.92. The molecule has 3 atom stereocenters. The summed E-state index contributed by atoms with van der Waals surface area (Å²) in [6.45, 7) is 6.69. The molecule has 2 rings (SSSR count). The first-order chi connectivity index (χ1) is 6.93. The summed E-state index contributed by atoms with van der Waals surface area (Å²) >= 11 is 0. The smallest absolute Gasteiger partial charge is 0.228 e. The number of nitrogens with zero attached hydrogens (tertiary/aromatic N) is 2. The van der Waals surface area contributed by atoms with Crippen LogP contribution in [0.15, 0.2) is 0 Å². The molecule has 3 nitrogen and oxygen atoms in total. The normalized spacial score (nSPS) is 34.3. The van der Waals surface area contributed by atoms with E-state index in [4.69, 9.17) is 5.26 Å². The van der Waals surface area contributed by atoms with E-state index in [0.717, 1.165) is 19.4 Å². The number of hydrogen-bond donors (Lipinski definition) is 0. The fourth-order valence-electron chi connectivity index (χ4n) is 2.79. The number of nitriles is 1. The van der Waals surface area contributed by atoms with Crippen molar-refractivity contribution in [2.45, 2.75) is 39.7 Å². The van der Waals surface area contributed by atoms with Gasteiger partial charge in [-0.05, 0) is 18.8 Å². The summed E-state index contributed by atoms with van der Waals surface area (Å²) < 4.78 is 0. The van der Waals surface area contributed by atoms with Crippen LogP contribution < -0.4 is 0 Å². The number of carbonyl (C=O) groups excluding carboxylic acids is 1. The fraction of sp³-hybridized carbons (Fsp3) is 0.833. The fourth-order valence-corrected chi connectivity index (χ4v) is 2.79. The average Bonchev–Trinajstić information content (AvgIpc) is 2.72. The molecule has 0 N–H and O–H groups in total. The van der Waals surface area contributed by atoms with Gasteiger partial charge in [0.1, 0.15) is 0 Å². The second-order valence-electron chi connectivity index (χ2n) is 5.83. The third-order valence-electron chi connectivity index (χ3n) is 3.61. The number of hydrogen-bond acceptors (Lipinski definition) is 2. The van der Waals surface area contributed by atoms with Gasteiger partial charge in [-0.3, -0.25) is 4.79 Å². The van der Waals surface area contributed by atoms with E-state index < -0.39 is 0 Å². The number of likely N-dealkylation sites (tertiary alicyclic amines) is 1. The van der Waals surface area contributed by atoms with Gasteiger partial charge in [-0.25, -0.2) is 0 Å². The minimum Gasteiger partial charge on any atom is -0.339 e. The zero-order valence-corrected chi connectivity index (χ0v) is 9.66. The first-order valence-corrected chi connectivity index (χ1v) is 5.64. The second-order valence-corrected chi connectivity index (χ2v) is 5.83. The predicted molar refractivity (Wildman–Crippen MR) is 56.8 cm³/mol. The maximum Gasteiger partial charge on any atom is 0.228 e. The van der Waals surface area contributed by atoms with E-state index in [9.17, 15) is 4.79 Å². The van der Waals surface area contributed by atoms with Crippen molar-refractivity contribution in [1.82, 2.24) is 4.90 Å². The van der Waals surface area contributed by atoms with Gasteiger partial charge in [0.2, 0.25) is 5.91 Å². The molecule has 82 valence electrons. The second kappa shape index (κ2) is 3.23. The van der Waals surface area contributed by atoms with Crippen molar-refractivity contribution in [2.24, 2.45) is 17.3 Å². The Morgan fingerprint density at radius 3 is 2.47 bits per heavy atom. The van der Waals surface area contributed by atoms with E-state index in [2.05, 4.69) is 6.07 Å². The third kappa shape index (κ3) is 1.62. The summed E-state index contributed by atoms with van der Waals surface area (Å²) in [5.41, 5.74) is -0.285. The summed E-state index contributed by atoms with van der Waals surface area (Å²) in [7, 11) is 0. The molecular weight excluding hydrogens is 188 g/mol. The zero-order chi connectivity index (χ0) is 11.2. The average molecular weight is 206 g/mol. The maximum atomic E-state index is 12.1. The summed E-state index contributed by atoms with van der Waals surface area (Å²) in [5.74, 6) is 0.872. The molecule has 1 saturated heterocycles. The molecule has 2 fully saturated rings. The molecule has 0 aromatic carbocycles.